The number of benzene rings is 1. The van der Waals surface area contributed by atoms with Crippen molar-refractivity contribution in [3.63, 3.8) is 0 Å². The highest BCUT2D eigenvalue weighted by Gasteiger charge is 2.17. The minimum Gasteiger partial charge on any atom is -0.351 e. The Balaban J connectivity index is 1.79. The molecule has 1 aliphatic heterocycles. The van der Waals surface area contributed by atoms with E-state index in [2.05, 4.69) is 27.2 Å². The van der Waals surface area contributed by atoms with Crippen molar-refractivity contribution in [1.82, 2.24) is 15.1 Å². The lowest BCUT2D eigenvalue weighted by Crippen LogP contribution is -2.43. The number of rotatable bonds is 4. The topological polar surface area (TPSA) is 78.7 Å². The maximum atomic E-state index is 11.5. The maximum Gasteiger partial charge on any atom is 0.318 e. The molecule has 1 aromatic rings. The summed E-state index contributed by atoms with van der Waals surface area (Å²) in [5, 5.41) is 2.11. The summed E-state index contributed by atoms with van der Waals surface area (Å²) in [6.45, 7) is 4.77. The van der Waals surface area contributed by atoms with Crippen LogP contribution in [0.3, 0.4) is 0 Å². The van der Waals surface area contributed by atoms with E-state index < -0.39 is 6.03 Å². The van der Waals surface area contributed by atoms with Gasteiger partial charge in [0.2, 0.25) is 5.91 Å². The number of amides is 3. The fourth-order valence-electron chi connectivity index (χ4n) is 2.56. The molecule has 6 nitrogen and oxygen atoms in total. The van der Waals surface area contributed by atoms with E-state index in [9.17, 15) is 9.59 Å². The van der Waals surface area contributed by atoms with Crippen LogP contribution >= 0.6 is 0 Å². The first-order valence-corrected chi connectivity index (χ1v) is 7.21. The molecule has 1 aromatic carbocycles. The third-order valence-electron chi connectivity index (χ3n) is 3.56. The molecule has 0 saturated carbocycles. The van der Waals surface area contributed by atoms with Crippen molar-refractivity contribution in [2.45, 2.75) is 13.0 Å². The van der Waals surface area contributed by atoms with Crippen LogP contribution in [0.25, 0.3) is 0 Å². The summed E-state index contributed by atoms with van der Waals surface area (Å²) in [6, 6.07) is 9.58. The van der Waals surface area contributed by atoms with Gasteiger partial charge in [-0.15, -0.1) is 0 Å². The Labute approximate surface area is 124 Å². The molecule has 6 heteroatoms. The first-order valence-electron chi connectivity index (χ1n) is 7.21. The van der Waals surface area contributed by atoms with Crippen molar-refractivity contribution < 1.29 is 9.59 Å². The predicted octanol–water partition coefficient (Wildman–Crippen LogP) is 0.389. The molecule has 0 spiro atoms. The Bertz CT molecular complexity index is 478. The van der Waals surface area contributed by atoms with Gasteiger partial charge in [0.05, 0.1) is 6.54 Å². The van der Waals surface area contributed by atoms with E-state index in [1.165, 1.54) is 5.56 Å². The van der Waals surface area contributed by atoms with E-state index in [4.69, 9.17) is 5.73 Å². The van der Waals surface area contributed by atoms with Gasteiger partial charge in [0.25, 0.3) is 0 Å². The Kier molecular flexibility index (Phi) is 5.71. The quantitative estimate of drug-likeness (QED) is 0.841. The van der Waals surface area contributed by atoms with Crippen molar-refractivity contribution in [2.24, 2.45) is 5.73 Å². The molecule has 0 aliphatic carbocycles. The highest BCUT2D eigenvalue weighted by molar-refractivity contribution is 5.94. The maximum absolute atomic E-state index is 11.5. The molecule has 114 valence electrons. The van der Waals surface area contributed by atoms with Gasteiger partial charge in [-0.25, -0.2) is 4.79 Å². The van der Waals surface area contributed by atoms with Gasteiger partial charge in [0.15, 0.2) is 0 Å². The number of nitrogens with two attached hydrogens (primary N) is 1. The zero-order valence-corrected chi connectivity index (χ0v) is 12.1. The van der Waals surface area contributed by atoms with Gasteiger partial charge >= 0.3 is 6.03 Å². The normalized spacial score (nSPS) is 17.1. The molecule has 0 aromatic heterocycles. The fourth-order valence-corrected chi connectivity index (χ4v) is 2.56. The first-order chi connectivity index (χ1) is 10.1. The number of hydrogen-bond acceptors (Lipinski definition) is 4. The summed E-state index contributed by atoms with van der Waals surface area (Å²) in [5.41, 5.74) is 6.24. The molecule has 21 heavy (non-hydrogen) atoms. The SMILES string of the molecule is NC(=O)NC(=O)CN1CCCN(Cc2ccccc2)CC1. The lowest BCUT2D eigenvalue weighted by Gasteiger charge is -2.21. The highest BCUT2D eigenvalue weighted by Crippen LogP contribution is 2.08. The van der Waals surface area contributed by atoms with Gasteiger partial charge in [-0.3, -0.25) is 19.9 Å². The number of carbonyl (C=O) groups is 2. The van der Waals surface area contributed by atoms with E-state index in [1.807, 2.05) is 18.2 Å². The van der Waals surface area contributed by atoms with Crippen molar-refractivity contribution in [1.29, 1.82) is 0 Å². The smallest absolute Gasteiger partial charge is 0.318 e. The molecule has 1 heterocycles. The summed E-state index contributed by atoms with van der Waals surface area (Å²) < 4.78 is 0. The number of imide groups is 1. The van der Waals surface area contributed by atoms with Crippen LogP contribution in [0, 0.1) is 0 Å². The van der Waals surface area contributed by atoms with Crippen LogP contribution in [0.4, 0.5) is 4.79 Å². The van der Waals surface area contributed by atoms with Gasteiger partial charge in [0, 0.05) is 19.6 Å². The summed E-state index contributed by atoms with van der Waals surface area (Å²) in [7, 11) is 0. The predicted molar refractivity (Wildman–Crippen MR) is 80.5 cm³/mol. The van der Waals surface area contributed by atoms with Crippen molar-refractivity contribution in [3.05, 3.63) is 35.9 Å². The minimum absolute atomic E-state index is 0.224. The van der Waals surface area contributed by atoms with Gasteiger partial charge in [-0.2, -0.15) is 0 Å². The number of urea groups is 1. The lowest BCUT2D eigenvalue weighted by molar-refractivity contribution is -0.121. The second kappa shape index (κ2) is 7.75. The molecule has 0 unspecified atom stereocenters. The van der Waals surface area contributed by atoms with Crippen molar-refractivity contribution in [2.75, 3.05) is 32.7 Å². The third-order valence-corrected chi connectivity index (χ3v) is 3.56. The average molecular weight is 290 g/mol. The molecular weight excluding hydrogens is 268 g/mol. The molecule has 1 saturated heterocycles. The van der Waals surface area contributed by atoms with E-state index in [-0.39, 0.29) is 12.5 Å². The fraction of sp³-hybridized carbons (Fsp3) is 0.467. The summed E-state index contributed by atoms with van der Waals surface area (Å²) in [6.07, 6.45) is 1.01. The van der Waals surface area contributed by atoms with Crippen LogP contribution in [0.15, 0.2) is 30.3 Å². The Morgan fingerprint density at radius 2 is 1.71 bits per heavy atom. The van der Waals surface area contributed by atoms with Crippen LogP contribution in [0.2, 0.25) is 0 Å². The number of nitrogens with zero attached hydrogens (tertiary/aromatic N) is 2. The Morgan fingerprint density at radius 1 is 1.05 bits per heavy atom. The van der Waals surface area contributed by atoms with Crippen molar-refractivity contribution in [3.8, 4) is 0 Å². The zero-order valence-electron chi connectivity index (χ0n) is 12.1. The second-order valence-corrected chi connectivity index (χ2v) is 5.30. The van der Waals surface area contributed by atoms with E-state index in [1.54, 1.807) is 0 Å². The van der Waals surface area contributed by atoms with Crippen LogP contribution < -0.4 is 11.1 Å². The summed E-state index contributed by atoms with van der Waals surface area (Å²) in [4.78, 5) is 26.6. The van der Waals surface area contributed by atoms with Crippen LogP contribution in [0.5, 0.6) is 0 Å². The van der Waals surface area contributed by atoms with E-state index in [0.29, 0.717) is 0 Å². The average Bonchev–Trinajstić information content (AvgIpc) is 2.65. The minimum atomic E-state index is -0.791. The molecule has 3 amide bonds. The summed E-state index contributed by atoms with van der Waals surface area (Å²) in [5.74, 6) is -0.334. The molecule has 0 radical (unpaired) electrons. The standard InChI is InChI=1S/C15H22N4O2/c16-15(21)17-14(20)12-19-8-4-7-18(9-10-19)11-13-5-2-1-3-6-13/h1-3,5-6H,4,7-12H2,(H3,16,17,20,21). The Morgan fingerprint density at radius 3 is 2.43 bits per heavy atom. The zero-order chi connectivity index (χ0) is 15.1. The van der Waals surface area contributed by atoms with Gasteiger partial charge in [0.1, 0.15) is 0 Å². The van der Waals surface area contributed by atoms with Crippen LogP contribution in [-0.2, 0) is 11.3 Å². The molecule has 0 atom stereocenters. The van der Waals surface area contributed by atoms with Crippen molar-refractivity contribution >= 4 is 11.9 Å². The van der Waals surface area contributed by atoms with Gasteiger partial charge < -0.3 is 5.73 Å². The number of carbonyl (C=O) groups excluding carboxylic acids is 2. The third kappa shape index (κ3) is 5.53. The number of primary amides is 1. The highest BCUT2D eigenvalue weighted by atomic mass is 16.2. The molecule has 1 fully saturated rings. The molecule has 0 bridgehead atoms. The Hall–Kier alpha value is -1.92. The monoisotopic (exact) mass is 290 g/mol. The van der Waals surface area contributed by atoms with E-state index >= 15 is 0 Å². The number of nitrogens with one attached hydrogen (secondary N) is 1. The van der Waals surface area contributed by atoms with Gasteiger partial charge in [-0.1, -0.05) is 30.3 Å². The first kappa shape index (κ1) is 15.5. The van der Waals surface area contributed by atoms with Crippen LogP contribution in [0.1, 0.15) is 12.0 Å². The molecular formula is C15H22N4O2. The number of hydrogen-bond donors (Lipinski definition) is 2. The van der Waals surface area contributed by atoms with Gasteiger partial charge in [-0.05, 0) is 25.1 Å². The second-order valence-electron chi connectivity index (χ2n) is 5.30. The van der Waals surface area contributed by atoms with E-state index in [0.717, 1.165) is 39.1 Å². The molecule has 1 aliphatic rings. The molecule has 3 N–H and O–H groups in total. The lowest BCUT2D eigenvalue weighted by atomic mass is 10.2. The largest absolute Gasteiger partial charge is 0.351 e. The molecule has 2 rings (SSSR count). The summed E-state index contributed by atoms with van der Waals surface area (Å²) >= 11 is 0. The van der Waals surface area contributed by atoms with Crippen LogP contribution in [-0.4, -0.2) is 54.5 Å².